The number of aliphatic hydroxyl groups is 20. The Kier molecular flexibility index (Phi) is 24.0. The van der Waals surface area contributed by atoms with Gasteiger partial charge in [-0.05, 0) is 13.8 Å². The van der Waals surface area contributed by atoms with Crippen LogP contribution in [0.2, 0.25) is 0 Å². The number of carboxylic acid groups (broad SMARTS) is 4. The molecule has 8 aliphatic rings. The first-order valence-corrected chi connectivity index (χ1v) is 27.9. The SMILES string of the molecule is C[C@@H]1OC(O)[C@H](O[C@H]2O[C@H](C(=O)O)[C@H](O[C@H]3O[C@H](C(=O)O)[C@H](O[C@@H]4O[C@@H](C)[C@H](O)[C@@H](O[C@H]5O[C@H](CO)[C@H](O[C@H]6O[C@H](CO)[C@H](O)[C@H](O)[C@H]6O)[C@H](O)[C@H]5O)[C@H]4O[C@H]4O[C@H](C(=O)O)[C@H](O[C@H]5O[C@H](C(=O)O)[C@H](O)[C@H](O)[C@H]5O)[C@H](O)[C@H]4O)[C@H](O)[C@H]3O)[C@H](O)[C@H]2O)[C@H](O)[C@H]1O. The summed E-state index contributed by atoms with van der Waals surface area (Å²) < 4.78 is 82.6. The van der Waals surface area contributed by atoms with Crippen molar-refractivity contribution < 1.29 is 213 Å². The standard InChI is InChI=1S/C48H74O43/c1-5-9(51)14(56)32(41(76)77-5)87-46-24(66)17(59)29(33(89-46)38(70)71)84-45-23(65)19(61)30(35(88-45)40(74)75)85-48-36(91-47-25(67)18(60)28(34(90-47)39(72)73)83-44-21(63)13(55)15(57)31(86-44)37(68)69)27(10(52)6(2)78-48)82-43-22(64)16(58)26(8(4-50)80-43)81-42-20(62)12(54)11(53)7(3-49)79-42/h5-36,41-67,76H,3-4H2,1-2H3,(H,68,69)(H,70,71)(H,72,73)(H,74,75)/t5-,6-,7+,8+,9-,10-,11-,12-,13-,14+,15+,16+,17+,18+,19+,20+,21+,22+,23+,24+,25+,26-,27+,28+,29+,30+,31-,32+,33-,34-,35-,36+,41?,42+,43+,44-,45-,46-,47+,48-/m0/s1. The van der Waals surface area contributed by atoms with Gasteiger partial charge in [0.15, 0.2) is 74.7 Å². The second-order valence-corrected chi connectivity index (χ2v) is 22.5. The molecule has 40 atom stereocenters. The fraction of sp³-hybridized carbons (Fsp3) is 0.917. The van der Waals surface area contributed by atoms with Crippen molar-refractivity contribution in [1.29, 1.82) is 0 Å². The van der Waals surface area contributed by atoms with E-state index in [1.54, 1.807) is 0 Å². The lowest BCUT2D eigenvalue weighted by Gasteiger charge is -2.51. The van der Waals surface area contributed by atoms with E-state index < -0.39 is 283 Å². The Balaban J connectivity index is 1.07. The Labute approximate surface area is 508 Å². The summed E-state index contributed by atoms with van der Waals surface area (Å²) in [6, 6.07) is 0. The molecule has 8 heterocycles. The molecule has 0 saturated carbocycles. The van der Waals surface area contributed by atoms with E-state index in [1.165, 1.54) is 6.92 Å². The lowest BCUT2D eigenvalue weighted by molar-refractivity contribution is -0.410. The summed E-state index contributed by atoms with van der Waals surface area (Å²) in [5.41, 5.74) is 0. The van der Waals surface area contributed by atoms with Crippen LogP contribution < -0.4 is 0 Å². The van der Waals surface area contributed by atoms with Crippen molar-refractivity contribution in [3.63, 3.8) is 0 Å². The first-order chi connectivity index (χ1) is 42.6. The fourth-order valence-electron chi connectivity index (χ4n) is 11.2. The normalized spacial score (nSPS) is 52.5. The molecule has 524 valence electrons. The topological polar surface area (TPSA) is 692 Å². The predicted octanol–water partition coefficient (Wildman–Crippen LogP) is -16.0. The minimum absolute atomic E-state index is 0.958. The number of aliphatic hydroxyl groups excluding tert-OH is 20. The maximum atomic E-state index is 13.1. The highest BCUT2D eigenvalue weighted by molar-refractivity contribution is 5.75. The average Bonchev–Trinajstić information content (AvgIpc) is 1.61. The fourth-order valence-corrected chi connectivity index (χ4v) is 11.2. The minimum Gasteiger partial charge on any atom is -0.479 e. The number of carbonyl (C=O) groups is 4. The van der Waals surface area contributed by atoms with Crippen LogP contribution >= 0.6 is 0 Å². The third-order valence-corrected chi connectivity index (χ3v) is 16.4. The number of hydrogen-bond acceptors (Lipinski definition) is 39. The Morgan fingerprint density at radius 3 is 0.978 bits per heavy atom. The van der Waals surface area contributed by atoms with Crippen LogP contribution in [0.4, 0.5) is 0 Å². The molecule has 0 radical (unpaired) electrons. The maximum Gasteiger partial charge on any atom is 0.335 e. The molecule has 8 saturated heterocycles. The van der Waals surface area contributed by atoms with Crippen molar-refractivity contribution in [2.45, 2.75) is 259 Å². The molecule has 91 heavy (non-hydrogen) atoms. The summed E-state index contributed by atoms with van der Waals surface area (Å²) in [7, 11) is 0. The summed E-state index contributed by atoms with van der Waals surface area (Å²) in [5.74, 6) is -8.21. The third kappa shape index (κ3) is 14.8. The van der Waals surface area contributed by atoms with Gasteiger partial charge in [-0.25, -0.2) is 19.2 Å². The second-order valence-electron chi connectivity index (χ2n) is 22.5. The highest BCUT2D eigenvalue weighted by Gasteiger charge is 2.62. The van der Waals surface area contributed by atoms with E-state index in [0.29, 0.717) is 0 Å². The van der Waals surface area contributed by atoms with Crippen LogP contribution in [0, 0.1) is 0 Å². The van der Waals surface area contributed by atoms with Gasteiger partial charge in [0.25, 0.3) is 0 Å². The van der Waals surface area contributed by atoms with Crippen LogP contribution in [0.5, 0.6) is 0 Å². The molecule has 0 aromatic rings. The van der Waals surface area contributed by atoms with Gasteiger partial charge in [-0.2, -0.15) is 0 Å². The molecule has 0 amide bonds. The lowest BCUT2D eigenvalue weighted by Crippen LogP contribution is -2.70. The van der Waals surface area contributed by atoms with Crippen LogP contribution in [0.1, 0.15) is 13.8 Å². The maximum absolute atomic E-state index is 13.1. The van der Waals surface area contributed by atoms with Crippen molar-refractivity contribution in [2.24, 2.45) is 0 Å². The van der Waals surface area contributed by atoms with E-state index in [9.17, 15) is 142 Å². The van der Waals surface area contributed by atoms with E-state index in [2.05, 4.69) is 0 Å². The summed E-state index contributed by atoms with van der Waals surface area (Å²) in [6.45, 7) is 0.153. The molecule has 0 aromatic heterocycles. The number of hydrogen-bond donors (Lipinski definition) is 24. The second kappa shape index (κ2) is 29.9. The lowest BCUT2D eigenvalue weighted by atomic mass is 9.94. The molecule has 8 aliphatic heterocycles. The molecule has 43 nitrogen and oxygen atoms in total. The molecule has 24 N–H and O–H groups in total. The van der Waals surface area contributed by atoms with Gasteiger partial charge in [0.1, 0.15) is 159 Å². The predicted molar refractivity (Wildman–Crippen MR) is 264 cm³/mol. The number of aliphatic carboxylic acids is 4. The Morgan fingerprint density at radius 2 is 0.560 bits per heavy atom. The molecule has 8 fully saturated rings. The van der Waals surface area contributed by atoms with Crippen LogP contribution in [-0.4, -0.2) is 405 Å². The summed E-state index contributed by atoms with van der Waals surface area (Å²) in [6.07, 6.45) is -91.3. The van der Waals surface area contributed by atoms with Crippen molar-refractivity contribution in [3.8, 4) is 0 Å². The van der Waals surface area contributed by atoms with E-state index in [1.807, 2.05) is 0 Å². The quantitative estimate of drug-likeness (QED) is 0.0538. The molecule has 43 heteroatoms. The monoisotopic (exact) mass is 1340 g/mol. The first kappa shape index (κ1) is 73.3. The van der Waals surface area contributed by atoms with Crippen LogP contribution in [0.3, 0.4) is 0 Å². The highest BCUT2D eigenvalue weighted by atomic mass is 16.8. The van der Waals surface area contributed by atoms with Gasteiger partial charge < -0.3 is 194 Å². The van der Waals surface area contributed by atoms with Crippen LogP contribution in [0.15, 0.2) is 0 Å². The highest BCUT2D eigenvalue weighted by Crippen LogP contribution is 2.40. The summed E-state index contributed by atoms with van der Waals surface area (Å²) >= 11 is 0. The van der Waals surface area contributed by atoms with Gasteiger partial charge in [-0.3, -0.25) is 0 Å². The van der Waals surface area contributed by atoms with Crippen molar-refractivity contribution in [3.05, 3.63) is 0 Å². The van der Waals surface area contributed by atoms with Gasteiger partial charge in [0.2, 0.25) is 0 Å². The van der Waals surface area contributed by atoms with Crippen LogP contribution in [0.25, 0.3) is 0 Å². The molecule has 8 rings (SSSR count). The Hall–Kier alpha value is -3.52. The van der Waals surface area contributed by atoms with Crippen molar-refractivity contribution in [1.82, 2.24) is 0 Å². The molecule has 0 spiro atoms. The molecule has 0 aliphatic carbocycles. The molecular formula is C48H74O43. The smallest absolute Gasteiger partial charge is 0.335 e. The van der Waals surface area contributed by atoms with Gasteiger partial charge >= 0.3 is 23.9 Å². The van der Waals surface area contributed by atoms with Gasteiger partial charge in [-0.15, -0.1) is 0 Å². The van der Waals surface area contributed by atoms with E-state index in [0.717, 1.165) is 6.92 Å². The number of ether oxygens (including phenoxy) is 15. The third-order valence-electron chi connectivity index (χ3n) is 16.4. The van der Waals surface area contributed by atoms with Crippen molar-refractivity contribution in [2.75, 3.05) is 13.2 Å². The van der Waals surface area contributed by atoms with E-state index in [-0.39, 0.29) is 0 Å². The molecular weight excluding hydrogens is 1260 g/mol. The number of rotatable bonds is 20. The van der Waals surface area contributed by atoms with E-state index >= 15 is 0 Å². The summed E-state index contributed by atoms with van der Waals surface area (Å²) in [4.78, 5) is 50.4. The van der Waals surface area contributed by atoms with Gasteiger partial charge in [0, 0.05) is 0 Å². The van der Waals surface area contributed by atoms with Gasteiger partial charge in [0.05, 0.1) is 25.4 Å². The largest absolute Gasteiger partial charge is 0.479 e. The first-order valence-electron chi connectivity index (χ1n) is 27.9. The molecule has 1 unspecified atom stereocenters. The zero-order valence-corrected chi connectivity index (χ0v) is 47.0. The zero-order valence-electron chi connectivity index (χ0n) is 47.0. The van der Waals surface area contributed by atoms with Crippen LogP contribution in [-0.2, 0) is 90.2 Å². The minimum atomic E-state index is -2.70. The Bertz CT molecular complexity index is 2430. The average molecular weight is 1340 g/mol. The zero-order chi connectivity index (χ0) is 67.4. The summed E-state index contributed by atoms with van der Waals surface area (Å²) in [5, 5.41) is 258. The Morgan fingerprint density at radius 1 is 0.264 bits per heavy atom. The van der Waals surface area contributed by atoms with Gasteiger partial charge in [-0.1, -0.05) is 0 Å². The van der Waals surface area contributed by atoms with Crippen molar-refractivity contribution >= 4 is 23.9 Å². The van der Waals surface area contributed by atoms with E-state index in [4.69, 9.17) is 71.1 Å². The molecule has 0 bridgehead atoms. The number of carboxylic acids is 4. The molecule has 0 aromatic carbocycles.